The Bertz CT molecular complexity index is 4520. The van der Waals surface area contributed by atoms with Crippen LogP contribution in [0.5, 0.6) is 0 Å². The lowest BCUT2D eigenvalue weighted by Gasteiger charge is -2.69. The highest BCUT2D eigenvalue weighted by atomic mass is 32.2. The first-order chi connectivity index (χ1) is 49.0. The van der Waals surface area contributed by atoms with Crippen molar-refractivity contribution in [3.8, 4) is 22.4 Å². The third-order valence-corrected chi connectivity index (χ3v) is 21.7. The van der Waals surface area contributed by atoms with E-state index in [0.29, 0.717) is 93.8 Å². The molecule has 29 heteroatoms. The fraction of sp³-hybridized carbons (Fsp3) is 0.446. The Morgan fingerprint density at radius 3 is 2.25 bits per heavy atom. The number of anilines is 2. The maximum Gasteiger partial charge on any atom is 0.410 e. The smallest absolute Gasteiger partial charge is 0.410 e. The molecule has 5 aliphatic rings. The van der Waals surface area contributed by atoms with Gasteiger partial charge in [0.15, 0.2) is 16.6 Å². The molecule has 3 aromatic carbocycles. The summed E-state index contributed by atoms with van der Waals surface area (Å²) < 4.78 is 49.6. The molecule has 544 valence electrons. The maximum absolute atomic E-state index is 13.9. The summed E-state index contributed by atoms with van der Waals surface area (Å²) in [6.07, 6.45) is 13.2. The van der Waals surface area contributed by atoms with Crippen LogP contribution >= 0.6 is 11.3 Å². The number of carbonyl (C=O) groups is 9. The normalized spacial score (nSPS) is 20.3. The third-order valence-electron chi connectivity index (χ3n) is 20.0. The van der Waals surface area contributed by atoms with Gasteiger partial charge in [-0.05, 0) is 147 Å². The Hall–Kier alpha value is -9.84. The van der Waals surface area contributed by atoms with Gasteiger partial charge >= 0.3 is 18.1 Å². The van der Waals surface area contributed by atoms with E-state index in [9.17, 15) is 61.2 Å². The van der Waals surface area contributed by atoms with Gasteiger partial charge in [0.25, 0.3) is 27.8 Å². The van der Waals surface area contributed by atoms with E-state index in [4.69, 9.17) is 25.3 Å². The number of carboxylic acids is 1. The number of aromatic nitrogens is 5. The Kier molecular flexibility index (Phi) is 22.4. The molecule has 12 rings (SSSR count). The van der Waals surface area contributed by atoms with Gasteiger partial charge in [-0.15, -0.1) is 0 Å². The fourth-order valence-corrected chi connectivity index (χ4v) is 17.8. The number of aromatic carboxylic acids is 1. The second-order valence-corrected chi connectivity index (χ2v) is 31.7. The van der Waals surface area contributed by atoms with Crippen LogP contribution in [0.4, 0.5) is 20.4 Å². The highest BCUT2D eigenvalue weighted by Crippen LogP contribution is 2.72. The Morgan fingerprint density at radius 2 is 1.55 bits per heavy atom. The number of para-hydroxylation sites is 1. The monoisotopic (exact) mass is 1450 g/mol. The van der Waals surface area contributed by atoms with E-state index in [0.717, 1.165) is 52.9 Å². The lowest BCUT2D eigenvalue weighted by molar-refractivity contribution is -0.248. The average Bonchev–Trinajstić information content (AvgIpc) is 0.895. The number of urea groups is 1. The van der Waals surface area contributed by atoms with Gasteiger partial charge in [0.05, 0.1) is 51.7 Å². The summed E-state index contributed by atoms with van der Waals surface area (Å²) in [5, 5.41) is 28.5. The van der Waals surface area contributed by atoms with Crippen molar-refractivity contribution >= 4 is 107 Å². The molecule has 103 heavy (non-hydrogen) atoms. The summed E-state index contributed by atoms with van der Waals surface area (Å²) in [7, 11) is -4.51. The molecule has 8 N–H and O–H groups in total. The highest BCUT2D eigenvalue weighted by Gasteiger charge is 2.66. The van der Waals surface area contributed by atoms with Crippen molar-refractivity contribution in [1.29, 1.82) is 0 Å². The topological polar surface area (TPSA) is 384 Å². The molecule has 0 spiro atoms. The van der Waals surface area contributed by atoms with Gasteiger partial charge in [-0.3, -0.25) is 53.2 Å². The number of ketones is 1. The van der Waals surface area contributed by atoms with E-state index in [1.54, 1.807) is 68.7 Å². The van der Waals surface area contributed by atoms with Crippen molar-refractivity contribution in [2.45, 2.75) is 143 Å². The van der Waals surface area contributed by atoms with Gasteiger partial charge in [0, 0.05) is 109 Å². The zero-order chi connectivity index (χ0) is 73.6. The number of carbonyl (C=O) groups excluding carboxylic acids is 8. The standard InChI is InChI=1S/C74H86N12O15S2/c1-45(2)63(82-60(88)15-7-6-10-27-85-61(89)24-25-62(85)90)58(87)33-49(12-11-26-77-68(75)95)65(91)79-51-20-16-47(17-21-51)37-100-70(96)84(29-31-103(97,98)99)28-30-101-74-41-71(4)38-72(5,42-74)40-73(39-71,43-74)44-86-46(3)54(36-78-86)52-22-23-56(80-64(52)67(93)94)48-18-19-50-34-76-35-55(53(50)32-48)66(92)83-69-81-57-13-8-9-14-59(57)102-69/h8-9,13-14,16-25,32,34-36,45,49,63H,6-7,10-12,15,26-31,33,37-44H2,1-5H3,(H,79,91)(H,82,88)(H,93,94)(H3,75,77,95)(H,81,83,92)(H,97,98,99)/t49-,63+,71?,72?,73?,74?/m1/s1. The van der Waals surface area contributed by atoms with E-state index in [1.807, 2.05) is 48.0 Å². The van der Waals surface area contributed by atoms with Gasteiger partial charge in [-0.25, -0.2) is 24.4 Å². The number of rotatable bonds is 33. The van der Waals surface area contributed by atoms with Crippen molar-refractivity contribution in [2.75, 3.05) is 49.2 Å². The van der Waals surface area contributed by atoms with Crippen LogP contribution in [0.3, 0.4) is 0 Å². The van der Waals surface area contributed by atoms with E-state index in [2.05, 4.69) is 45.1 Å². The summed E-state index contributed by atoms with van der Waals surface area (Å²) in [6, 6.07) is 21.3. The minimum atomic E-state index is -4.51. The van der Waals surface area contributed by atoms with Crippen LogP contribution in [0.15, 0.2) is 110 Å². The Balaban J connectivity index is 0.707. The first kappa shape index (κ1) is 74.4. The number of fused-ring (bicyclic) bond motifs is 2. The molecule has 0 radical (unpaired) electrons. The Labute approximate surface area is 599 Å². The molecule has 4 fully saturated rings. The van der Waals surface area contributed by atoms with E-state index < -0.39 is 69.9 Å². The first-order valence-electron chi connectivity index (χ1n) is 34.6. The number of hydrogen-bond acceptors (Lipinski definition) is 18. The molecule has 4 saturated carbocycles. The summed E-state index contributed by atoms with van der Waals surface area (Å²) in [6.45, 7) is 10.3. The number of unbranched alkanes of at least 4 members (excludes halogenated alkanes) is 2. The molecule has 4 aromatic heterocycles. The second-order valence-electron chi connectivity index (χ2n) is 29.1. The number of primary amides is 1. The van der Waals surface area contributed by atoms with Crippen LogP contribution in [-0.2, 0) is 56.7 Å². The molecule has 0 saturated heterocycles. The molecule has 8 amide bonds. The van der Waals surface area contributed by atoms with E-state index in [1.165, 1.54) is 34.6 Å². The van der Waals surface area contributed by atoms with Gasteiger partial charge in [-0.2, -0.15) is 13.5 Å². The van der Waals surface area contributed by atoms with Crippen LogP contribution in [-0.4, -0.2) is 156 Å². The number of nitrogens with zero attached hydrogens (tertiary/aromatic N) is 7. The summed E-state index contributed by atoms with van der Waals surface area (Å²) in [5.74, 6) is -5.54. The first-order valence-corrected chi connectivity index (χ1v) is 37.0. The largest absolute Gasteiger partial charge is 0.476 e. The number of amides is 8. The number of thiazole rings is 1. The maximum atomic E-state index is 13.9. The summed E-state index contributed by atoms with van der Waals surface area (Å²) in [4.78, 5) is 133. The van der Waals surface area contributed by atoms with E-state index in [-0.39, 0.29) is 103 Å². The van der Waals surface area contributed by atoms with Gasteiger partial charge in [-0.1, -0.05) is 81.9 Å². The number of ether oxygens (including phenoxy) is 2. The second kappa shape index (κ2) is 31.0. The van der Waals surface area contributed by atoms with Crippen LogP contribution in [0, 0.1) is 35.0 Å². The lowest BCUT2D eigenvalue weighted by atomic mass is 9.39. The average molecular weight is 1450 g/mol. The molecule has 7 aromatic rings. The van der Waals surface area contributed by atoms with Crippen LogP contribution in [0.2, 0.25) is 0 Å². The van der Waals surface area contributed by atoms with Crippen molar-refractivity contribution in [3.05, 3.63) is 132 Å². The molecule has 4 aliphatic carbocycles. The quantitative estimate of drug-likeness (QED) is 0.0114. The minimum absolute atomic E-state index is 0.0246. The summed E-state index contributed by atoms with van der Waals surface area (Å²) in [5.41, 5.74) is 8.62. The SMILES string of the molecule is Cc1c(-c2ccc(-c3ccc4cncc(C(=O)Nc5nc6ccccc6s5)c4c3)nc2C(=O)O)cnn1CC12CC3(C)CC(C)(C1)CC(OCCN(CCS(=O)(=O)O)C(=O)OCc1ccc(NC(=O)[C@H](CCCNC(N)=O)CC(=O)[C@@H](NC(=O)CCCCCN4C(=O)C=CC4=O)C(C)C)cc1)(C3)C2. The number of imide groups is 1. The number of nitrogens with two attached hydrogens (primary N) is 1. The molecular formula is C74H86N12O15S2. The van der Waals surface area contributed by atoms with Crippen LogP contribution in [0.1, 0.15) is 143 Å². The zero-order valence-electron chi connectivity index (χ0n) is 58.2. The van der Waals surface area contributed by atoms with Crippen LogP contribution < -0.4 is 27.0 Å². The number of nitrogens with one attached hydrogen (secondary N) is 4. The molecule has 4 bridgehead atoms. The minimum Gasteiger partial charge on any atom is -0.476 e. The fourth-order valence-electron chi connectivity index (χ4n) is 16.5. The number of hydrogen-bond donors (Lipinski definition) is 7. The molecule has 1 aliphatic heterocycles. The van der Waals surface area contributed by atoms with Gasteiger partial charge in [0.1, 0.15) is 6.61 Å². The van der Waals surface area contributed by atoms with Crippen molar-refractivity contribution in [2.24, 2.45) is 33.8 Å². The van der Waals surface area contributed by atoms with Crippen molar-refractivity contribution in [3.63, 3.8) is 0 Å². The highest BCUT2D eigenvalue weighted by molar-refractivity contribution is 7.85. The third kappa shape index (κ3) is 18.2. The van der Waals surface area contributed by atoms with Crippen molar-refractivity contribution in [1.82, 2.24) is 45.2 Å². The van der Waals surface area contributed by atoms with Gasteiger partial charge in [0.2, 0.25) is 11.8 Å². The van der Waals surface area contributed by atoms with E-state index >= 15 is 0 Å². The number of carboxylic acid groups (broad SMARTS) is 1. The predicted molar refractivity (Wildman–Crippen MR) is 385 cm³/mol. The molecule has 5 heterocycles. The zero-order valence-corrected chi connectivity index (χ0v) is 59.8. The number of benzene rings is 3. The van der Waals surface area contributed by atoms with Crippen LogP contribution in [0.25, 0.3) is 43.4 Å². The molecular weight excluding hydrogens is 1360 g/mol. The number of pyridine rings is 2. The van der Waals surface area contributed by atoms with Gasteiger partial charge < -0.3 is 41.2 Å². The lowest BCUT2D eigenvalue weighted by Crippen LogP contribution is -2.64. The Morgan fingerprint density at radius 1 is 0.816 bits per heavy atom. The molecule has 4 atom stereocenters. The molecule has 27 nitrogen and oxygen atoms in total. The number of Topliss-reactive ketones (excluding diaryl/α,β-unsaturated/α-hetero) is 1. The van der Waals surface area contributed by atoms with Crippen molar-refractivity contribution < 1.29 is 70.7 Å². The summed E-state index contributed by atoms with van der Waals surface area (Å²) >= 11 is 1.36. The molecule has 2 unspecified atom stereocenters. The predicted octanol–water partition coefficient (Wildman–Crippen LogP) is 10.3.